The zero-order chi connectivity index (χ0) is 39.4. The van der Waals surface area contributed by atoms with Crippen LogP contribution in [0.15, 0.2) is 152 Å². The van der Waals surface area contributed by atoms with Gasteiger partial charge in [0.2, 0.25) is 0 Å². The van der Waals surface area contributed by atoms with E-state index in [4.69, 9.17) is 30.6 Å². The number of aromatic nitrogens is 9. The van der Waals surface area contributed by atoms with Gasteiger partial charge < -0.3 is 4.90 Å². The molecule has 0 aliphatic rings. The molecular weight excluding hydrogens is 729 g/mol. The third-order valence-electron chi connectivity index (χ3n) is 11.6. The molecule has 0 saturated heterocycles. The lowest BCUT2D eigenvalue weighted by molar-refractivity contribution is 0.665. The topological polar surface area (TPSA) is 95.4 Å². The fraction of sp³-hybridized carbons (Fsp3) is 0.0612. The van der Waals surface area contributed by atoms with Gasteiger partial charge >= 0.3 is 0 Å². The normalized spacial score (nSPS) is 12.0. The van der Waals surface area contributed by atoms with Crippen molar-refractivity contribution >= 4 is 93.3 Å². The Kier molecular flexibility index (Phi) is 7.04. The Morgan fingerprint density at radius 1 is 0.339 bits per heavy atom. The van der Waals surface area contributed by atoms with E-state index in [0.29, 0.717) is 0 Å². The Morgan fingerprint density at radius 3 is 1.31 bits per heavy atom. The van der Waals surface area contributed by atoms with Crippen LogP contribution in [0.2, 0.25) is 0 Å². The summed E-state index contributed by atoms with van der Waals surface area (Å²) in [5.74, 6) is 0. The molecule has 0 aliphatic carbocycles. The lowest BCUT2D eigenvalue weighted by atomic mass is 9.95. The summed E-state index contributed by atoms with van der Waals surface area (Å²) in [6.07, 6.45) is 0. The van der Waals surface area contributed by atoms with Crippen LogP contribution in [0.4, 0.5) is 17.1 Å². The Morgan fingerprint density at radius 2 is 0.763 bits per heavy atom. The molecular formula is C49H34N10. The molecule has 9 aromatic carbocycles. The number of aryl methyl sites for hydroxylation is 3. The maximum Gasteiger partial charge on any atom is 0.137 e. The molecule has 0 bridgehead atoms. The molecule has 0 amide bonds. The number of rotatable bonds is 5. The summed E-state index contributed by atoms with van der Waals surface area (Å²) in [6, 6.07) is 53.8. The summed E-state index contributed by atoms with van der Waals surface area (Å²) < 4.78 is 0. The van der Waals surface area contributed by atoms with Crippen molar-refractivity contribution in [3.8, 4) is 22.3 Å². The molecule has 12 rings (SSSR count). The highest BCUT2D eigenvalue weighted by Gasteiger charge is 2.27. The van der Waals surface area contributed by atoms with Crippen molar-refractivity contribution < 1.29 is 0 Å². The highest BCUT2D eigenvalue weighted by Crippen LogP contribution is 2.46. The molecule has 0 atom stereocenters. The molecule has 10 nitrogen and oxygen atoms in total. The van der Waals surface area contributed by atoms with Crippen LogP contribution in [0.1, 0.15) is 0 Å². The molecule has 3 heterocycles. The number of hydrogen-bond donors (Lipinski definition) is 0. The molecule has 0 saturated carbocycles. The molecule has 0 N–H and O–H groups in total. The second-order valence-electron chi connectivity index (χ2n) is 15.2. The van der Waals surface area contributed by atoms with Crippen molar-refractivity contribution in [2.45, 2.75) is 0 Å². The molecule has 0 spiro atoms. The molecule has 280 valence electrons. The van der Waals surface area contributed by atoms with Gasteiger partial charge in [0.1, 0.15) is 33.1 Å². The standard InChI is InChI=1S/C49H34N10/c1-56-50-41-13-8-14-42(47(41)53-56)59(43-25-23-37(45-48(43)54-57(2)51-45)33-21-19-31-17-15-29-9-4-6-11-35(29)39(31)27-33)44-26-24-38(46-49(44)55-58(3)52-46)34-22-20-32-18-16-30-10-5-7-12-36(30)40(32)28-34/h4-28H,1-3H3. The van der Waals surface area contributed by atoms with E-state index in [1.807, 2.05) is 33.3 Å². The van der Waals surface area contributed by atoms with Gasteiger partial charge in [0.15, 0.2) is 0 Å². The van der Waals surface area contributed by atoms with Gasteiger partial charge in [-0.05, 0) is 103 Å². The minimum Gasteiger partial charge on any atom is -0.304 e. The summed E-state index contributed by atoms with van der Waals surface area (Å²) in [6.45, 7) is 0. The van der Waals surface area contributed by atoms with E-state index in [0.717, 1.165) is 72.4 Å². The lowest BCUT2D eigenvalue weighted by Gasteiger charge is -2.26. The van der Waals surface area contributed by atoms with Crippen LogP contribution in [-0.4, -0.2) is 45.0 Å². The second-order valence-corrected chi connectivity index (χ2v) is 15.2. The van der Waals surface area contributed by atoms with E-state index in [9.17, 15) is 0 Å². The van der Waals surface area contributed by atoms with Gasteiger partial charge in [-0.15, -0.1) is 0 Å². The first-order valence-corrected chi connectivity index (χ1v) is 19.6. The smallest absolute Gasteiger partial charge is 0.137 e. The van der Waals surface area contributed by atoms with Crippen molar-refractivity contribution in [3.63, 3.8) is 0 Å². The summed E-state index contributed by atoms with van der Waals surface area (Å²) in [4.78, 5) is 7.11. The highest BCUT2D eigenvalue weighted by atomic mass is 15.5. The average Bonchev–Trinajstić information content (AvgIpc) is 3.98. The maximum atomic E-state index is 5.05. The minimum atomic E-state index is 0.742. The quantitative estimate of drug-likeness (QED) is 0.161. The number of anilines is 3. The second kappa shape index (κ2) is 12.5. The van der Waals surface area contributed by atoms with Crippen molar-refractivity contribution in [1.82, 2.24) is 45.0 Å². The molecule has 12 aromatic rings. The zero-order valence-electron chi connectivity index (χ0n) is 32.4. The molecule has 10 heteroatoms. The van der Waals surface area contributed by atoms with Crippen molar-refractivity contribution in [2.24, 2.45) is 21.1 Å². The van der Waals surface area contributed by atoms with Gasteiger partial charge in [0, 0.05) is 32.3 Å². The molecule has 0 aliphatic heterocycles. The number of fused-ring (bicyclic) bond motifs is 9. The summed E-state index contributed by atoms with van der Waals surface area (Å²) in [7, 11) is 5.59. The minimum absolute atomic E-state index is 0.742. The van der Waals surface area contributed by atoms with Gasteiger partial charge in [-0.25, -0.2) is 0 Å². The maximum absolute atomic E-state index is 5.05. The largest absolute Gasteiger partial charge is 0.304 e. The Balaban J connectivity index is 1.09. The first kappa shape index (κ1) is 33.2. The number of benzene rings is 9. The van der Waals surface area contributed by atoms with E-state index in [1.165, 1.54) is 43.1 Å². The van der Waals surface area contributed by atoms with Crippen LogP contribution >= 0.6 is 0 Å². The predicted molar refractivity (Wildman–Crippen MR) is 238 cm³/mol. The van der Waals surface area contributed by atoms with E-state index in [1.54, 1.807) is 14.4 Å². The average molecular weight is 763 g/mol. The first-order chi connectivity index (χ1) is 28.9. The monoisotopic (exact) mass is 762 g/mol. The van der Waals surface area contributed by atoms with Crippen molar-refractivity contribution in [2.75, 3.05) is 4.90 Å². The van der Waals surface area contributed by atoms with Gasteiger partial charge in [-0.1, -0.05) is 103 Å². The van der Waals surface area contributed by atoms with Crippen LogP contribution < -0.4 is 4.90 Å². The van der Waals surface area contributed by atoms with Crippen molar-refractivity contribution in [3.05, 3.63) is 152 Å². The Labute approximate surface area is 337 Å². The Hall–Kier alpha value is -7.98. The van der Waals surface area contributed by atoms with Crippen LogP contribution in [0.5, 0.6) is 0 Å². The fourth-order valence-corrected chi connectivity index (χ4v) is 8.92. The summed E-state index contributed by atoms with van der Waals surface area (Å²) >= 11 is 0. The van der Waals surface area contributed by atoms with Crippen LogP contribution in [0.25, 0.3) is 98.4 Å². The zero-order valence-corrected chi connectivity index (χ0v) is 32.4. The molecule has 0 fully saturated rings. The molecule has 59 heavy (non-hydrogen) atoms. The number of hydrogen-bond acceptors (Lipinski definition) is 7. The third-order valence-corrected chi connectivity index (χ3v) is 11.6. The first-order valence-electron chi connectivity index (χ1n) is 19.6. The van der Waals surface area contributed by atoms with Gasteiger partial charge in [-0.2, -0.15) is 45.0 Å². The van der Waals surface area contributed by atoms with Gasteiger partial charge in [-0.3, -0.25) is 0 Å². The molecule has 3 aromatic heterocycles. The van der Waals surface area contributed by atoms with Gasteiger partial charge in [0.25, 0.3) is 0 Å². The van der Waals surface area contributed by atoms with Crippen LogP contribution in [0.3, 0.4) is 0 Å². The fourth-order valence-electron chi connectivity index (χ4n) is 8.92. The SMILES string of the molecule is Cn1nc2cccc(N(c3ccc(-c4ccc5ccc6ccccc6c5c4)c4nn(C)nc34)c3ccc(-c4ccc5ccc6ccccc6c5c4)c4nn(C)nc34)c2n1. The third kappa shape index (κ3) is 5.12. The van der Waals surface area contributed by atoms with Gasteiger partial charge in [0.05, 0.1) is 17.1 Å². The van der Waals surface area contributed by atoms with Crippen LogP contribution in [0, 0.1) is 0 Å². The predicted octanol–water partition coefficient (Wildman–Crippen LogP) is 10.9. The summed E-state index contributed by atoms with van der Waals surface area (Å²) in [5, 5.41) is 39.3. The van der Waals surface area contributed by atoms with E-state index in [2.05, 4.69) is 144 Å². The summed E-state index contributed by atoms with van der Waals surface area (Å²) in [5.41, 5.74) is 11.2. The molecule has 0 unspecified atom stereocenters. The van der Waals surface area contributed by atoms with E-state index in [-0.39, 0.29) is 0 Å². The van der Waals surface area contributed by atoms with E-state index < -0.39 is 0 Å². The van der Waals surface area contributed by atoms with Crippen molar-refractivity contribution in [1.29, 1.82) is 0 Å². The molecule has 0 radical (unpaired) electrons. The number of nitrogens with zero attached hydrogens (tertiary/aromatic N) is 10. The van der Waals surface area contributed by atoms with E-state index >= 15 is 0 Å². The van der Waals surface area contributed by atoms with Crippen LogP contribution in [-0.2, 0) is 21.1 Å². The lowest BCUT2D eigenvalue weighted by Crippen LogP contribution is -2.12. The Bertz CT molecular complexity index is 3480. The highest BCUT2D eigenvalue weighted by molar-refractivity contribution is 6.13.